The minimum atomic E-state index is -0.0482. The third-order valence-corrected chi connectivity index (χ3v) is 3.16. The highest BCUT2D eigenvalue weighted by Crippen LogP contribution is 2.40. The van der Waals surface area contributed by atoms with Crippen molar-refractivity contribution in [3.05, 3.63) is 29.8 Å². The highest BCUT2D eigenvalue weighted by atomic mass is 15.2. The van der Waals surface area contributed by atoms with Gasteiger partial charge in [0, 0.05) is 17.6 Å². The molecule has 0 spiro atoms. The molecule has 1 aromatic rings. The van der Waals surface area contributed by atoms with Crippen molar-refractivity contribution < 1.29 is 0 Å². The van der Waals surface area contributed by atoms with Gasteiger partial charge < -0.3 is 4.90 Å². The zero-order chi connectivity index (χ0) is 11.1. The van der Waals surface area contributed by atoms with E-state index in [9.17, 15) is 0 Å². The van der Waals surface area contributed by atoms with Gasteiger partial charge in [0.05, 0.1) is 6.07 Å². The molecule has 0 radical (unpaired) electrons. The zero-order valence-corrected chi connectivity index (χ0v) is 9.49. The highest BCUT2D eigenvalue weighted by Gasteiger charge is 2.36. The first kappa shape index (κ1) is 10.0. The van der Waals surface area contributed by atoms with Gasteiger partial charge in [0.2, 0.25) is 0 Å². The summed E-state index contributed by atoms with van der Waals surface area (Å²) in [5.41, 5.74) is 2.73. The summed E-state index contributed by atoms with van der Waals surface area (Å²) in [6.45, 7) is 7.35. The van der Waals surface area contributed by atoms with Crippen LogP contribution in [-0.2, 0) is 5.41 Å². The van der Waals surface area contributed by atoms with Crippen molar-refractivity contribution in [2.75, 3.05) is 11.4 Å². The fourth-order valence-electron chi connectivity index (χ4n) is 2.31. The van der Waals surface area contributed by atoms with E-state index in [-0.39, 0.29) is 11.5 Å². The first-order valence-corrected chi connectivity index (χ1v) is 5.32. The van der Waals surface area contributed by atoms with Crippen LogP contribution in [0, 0.1) is 11.3 Å². The lowest BCUT2D eigenvalue weighted by Gasteiger charge is -2.24. The Kier molecular flexibility index (Phi) is 2.19. The van der Waals surface area contributed by atoms with Crippen molar-refractivity contribution in [1.82, 2.24) is 0 Å². The lowest BCUT2D eigenvalue weighted by molar-refractivity contribution is 0.542. The van der Waals surface area contributed by atoms with Crippen molar-refractivity contribution in [1.29, 1.82) is 5.26 Å². The summed E-state index contributed by atoms with van der Waals surface area (Å²) in [6, 6.07) is 10.6. The Morgan fingerprint density at radius 1 is 1.40 bits per heavy atom. The second-order valence-corrected chi connectivity index (χ2v) is 4.83. The van der Waals surface area contributed by atoms with Gasteiger partial charge in [0.25, 0.3) is 0 Å². The molecule has 78 valence electrons. The van der Waals surface area contributed by atoms with Gasteiger partial charge in [-0.15, -0.1) is 0 Å². The molecule has 15 heavy (non-hydrogen) atoms. The fourth-order valence-corrected chi connectivity index (χ4v) is 2.31. The summed E-state index contributed by atoms with van der Waals surface area (Å²) in [6.07, 6.45) is 0. The number of nitriles is 1. The van der Waals surface area contributed by atoms with E-state index in [1.54, 1.807) is 0 Å². The zero-order valence-electron chi connectivity index (χ0n) is 9.49. The third-order valence-electron chi connectivity index (χ3n) is 3.16. The Labute approximate surface area is 91.1 Å². The van der Waals surface area contributed by atoms with Gasteiger partial charge in [-0.3, -0.25) is 0 Å². The Morgan fingerprint density at radius 2 is 2.07 bits per heavy atom. The van der Waals surface area contributed by atoms with E-state index in [1.807, 2.05) is 13.0 Å². The lowest BCUT2D eigenvalue weighted by atomic mass is 9.87. The summed E-state index contributed by atoms with van der Waals surface area (Å²) in [4.78, 5) is 2.19. The average Bonchev–Trinajstić information content (AvgIpc) is 2.51. The Balaban J connectivity index is 2.48. The third kappa shape index (κ3) is 1.48. The molecule has 2 heteroatoms. The maximum Gasteiger partial charge on any atom is 0.114 e. The van der Waals surface area contributed by atoms with E-state index in [1.165, 1.54) is 11.3 Å². The van der Waals surface area contributed by atoms with Crippen LogP contribution in [0.5, 0.6) is 0 Å². The van der Waals surface area contributed by atoms with Gasteiger partial charge in [-0.25, -0.2) is 0 Å². The molecule has 1 aliphatic rings. The number of fused-ring (bicyclic) bond motifs is 1. The quantitative estimate of drug-likeness (QED) is 0.697. The Hall–Kier alpha value is -1.49. The molecule has 0 aliphatic carbocycles. The van der Waals surface area contributed by atoms with Crippen molar-refractivity contribution >= 4 is 5.69 Å². The monoisotopic (exact) mass is 200 g/mol. The molecule has 2 nitrogen and oxygen atoms in total. The van der Waals surface area contributed by atoms with E-state index < -0.39 is 0 Å². The van der Waals surface area contributed by atoms with Gasteiger partial charge in [-0.05, 0) is 18.6 Å². The van der Waals surface area contributed by atoms with Crippen LogP contribution >= 0.6 is 0 Å². The Morgan fingerprint density at radius 3 is 2.73 bits per heavy atom. The van der Waals surface area contributed by atoms with E-state index in [0.717, 1.165) is 6.54 Å². The van der Waals surface area contributed by atoms with E-state index in [0.29, 0.717) is 0 Å². The molecule has 1 atom stereocenters. The maximum absolute atomic E-state index is 9.00. The van der Waals surface area contributed by atoms with Crippen LogP contribution in [0.4, 0.5) is 5.69 Å². The normalized spacial score (nSPS) is 19.5. The van der Waals surface area contributed by atoms with Gasteiger partial charge >= 0.3 is 0 Å². The number of hydrogen-bond acceptors (Lipinski definition) is 2. The summed E-state index contributed by atoms with van der Waals surface area (Å²) >= 11 is 0. The summed E-state index contributed by atoms with van der Waals surface area (Å²) in [7, 11) is 0. The largest absolute Gasteiger partial charge is 0.355 e. The molecule has 0 saturated carbocycles. The van der Waals surface area contributed by atoms with Crippen LogP contribution in [0.25, 0.3) is 0 Å². The predicted octanol–water partition coefficient (Wildman–Crippen LogP) is 2.70. The van der Waals surface area contributed by atoms with Gasteiger partial charge in [0.15, 0.2) is 0 Å². The van der Waals surface area contributed by atoms with Gasteiger partial charge in [-0.1, -0.05) is 32.0 Å². The van der Waals surface area contributed by atoms with Crippen LogP contribution in [0.3, 0.4) is 0 Å². The molecular weight excluding hydrogens is 184 g/mol. The molecule has 1 aromatic carbocycles. The van der Waals surface area contributed by atoms with E-state index in [4.69, 9.17) is 5.26 Å². The van der Waals surface area contributed by atoms with Crippen molar-refractivity contribution in [2.45, 2.75) is 32.2 Å². The molecule has 0 saturated heterocycles. The molecule has 1 unspecified atom stereocenters. The SMILES string of the molecule is CC(C#N)N1CC(C)(C)c2ccccc21. The summed E-state index contributed by atoms with van der Waals surface area (Å²) < 4.78 is 0. The minimum absolute atomic E-state index is 0.0482. The molecule has 1 aliphatic heterocycles. The highest BCUT2D eigenvalue weighted by molar-refractivity contribution is 5.63. The predicted molar refractivity (Wildman–Crippen MR) is 61.9 cm³/mol. The molecular formula is C13H16N2. The van der Waals surface area contributed by atoms with Crippen molar-refractivity contribution in [3.8, 4) is 6.07 Å². The second-order valence-electron chi connectivity index (χ2n) is 4.83. The minimum Gasteiger partial charge on any atom is -0.355 e. The number of para-hydroxylation sites is 1. The summed E-state index contributed by atoms with van der Waals surface area (Å²) in [5, 5.41) is 9.00. The number of nitrogens with zero attached hydrogens (tertiary/aromatic N) is 2. The van der Waals surface area contributed by atoms with Crippen LogP contribution in [0.2, 0.25) is 0 Å². The Bertz CT molecular complexity index is 415. The molecule has 0 fully saturated rings. The molecule has 0 N–H and O–H groups in total. The first-order chi connectivity index (χ1) is 7.06. The van der Waals surface area contributed by atoms with Crippen LogP contribution in [-0.4, -0.2) is 12.6 Å². The number of anilines is 1. The summed E-state index contributed by atoms with van der Waals surface area (Å²) in [5.74, 6) is 0. The van der Waals surface area contributed by atoms with Crippen LogP contribution in [0.15, 0.2) is 24.3 Å². The lowest BCUT2D eigenvalue weighted by Crippen LogP contribution is -2.34. The van der Waals surface area contributed by atoms with Crippen molar-refractivity contribution in [3.63, 3.8) is 0 Å². The van der Waals surface area contributed by atoms with Gasteiger partial charge in [-0.2, -0.15) is 5.26 Å². The number of benzene rings is 1. The molecule has 0 aromatic heterocycles. The van der Waals surface area contributed by atoms with E-state index in [2.05, 4.69) is 43.0 Å². The topological polar surface area (TPSA) is 27.0 Å². The van der Waals surface area contributed by atoms with Gasteiger partial charge in [0.1, 0.15) is 6.04 Å². The number of rotatable bonds is 1. The molecule has 0 bridgehead atoms. The first-order valence-electron chi connectivity index (χ1n) is 5.32. The molecule has 2 rings (SSSR count). The van der Waals surface area contributed by atoms with Crippen molar-refractivity contribution in [2.24, 2.45) is 0 Å². The smallest absolute Gasteiger partial charge is 0.114 e. The number of hydrogen-bond donors (Lipinski definition) is 0. The van der Waals surface area contributed by atoms with E-state index >= 15 is 0 Å². The maximum atomic E-state index is 9.00. The molecule has 1 heterocycles. The van der Waals surface area contributed by atoms with Crippen LogP contribution < -0.4 is 4.90 Å². The standard InChI is InChI=1S/C13H16N2/c1-10(8-14)15-9-13(2,3)11-6-4-5-7-12(11)15/h4-7,10H,9H2,1-3H3. The molecule has 0 amide bonds. The second kappa shape index (κ2) is 3.27. The van der Waals surface area contributed by atoms with Crippen LogP contribution in [0.1, 0.15) is 26.3 Å². The average molecular weight is 200 g/mol. The fraction of sp³-hybridized carbons (Fsp3) is 0.462.